The van der Waals surface area contributed by atoms with Crippen molar-refractivity contribution in [3.63, 3.8) is 0 Å². The fourth-order valence-electron chi connectivity index (χ4n) is 2.33. The van der Waals surface area contributed by atoms with Crippen LogP contribution in [0.15, 0.2) is 30.5 Å². The number of rotatable bonds is 6. The van der Waals surface area contributed by atoms with Crippen molar-refractivity contribution >= 4 is 17.5 Å². The molecule has 1 unspecified atom stereocenters. The van der Waals surface area contributed by atoms with E-state index in [4.69, 9.17) is 11.6 Å². The van der Waals surface area contributed by atoms with Crippen LogP contribution in [0.5, 0.6) is 0 Å². The quantitative estimate of drug-likeness (QED) is 0.765. The molecule has 1 aromatic carbocycles. The van der Waals surface area contributed by atoms with E-state index in [2.05, 4.69) is 15.5 Å². The van der Waals surface area contributed by atoms with Crippen LogP contribution in [0.4, 0.5) is 0 Å². The molecule has 0 aliphatic rings. The van der Waals surface area contributed by atoms with E-state index in [0.717, 1.165) is 5.56 Å². The van der Waals surface area contributed by atoms with Crippen LogP contribution in [0.25, 0.3) is 11.3 Å². The van der Waals surface area contributed by atoms with Crippen molar-refractivity contribution in [2.75, 3.05) is 6.61 Å². The lowest BCUT2D eigenvalue weighted by molar-refractivity contribution is 0.0909. The third kappa shape index (κ3) is 4.08. The standard InChI is InChI=1S/C16H20ClN3O2/c1-10(2)6-13(9-21)19-16(22)14-8-18-20-15(14)11-4-3-5-12(17)7-11/h3-5,7-8,10,13,21H,6,9H2,1-2H3,(H,18,20)(H,19,22). The Balaban J connectivity index is 2.19. The zero-order valence-corrected chi connectivity index (χ0v) is 13.4. The second kappa shape index (κ2) is 7.42. The molecule has 0 aliphatic heterocycles. The van der Waals surface area contributed by atoms with Crippen LogP contribution in [0, 0.1) is 5.92 Å². The molecule has 0 spiro atoms. The number of aromatic amines is 1. The van der Waals surface area contributed by atoms with Crippen molar-refractivity contribution in [2.24, 2.45) is 5.92 Å². The molecular formula is C16H20ClN3O2. The SMILES string of the molecule is CC(C)CC(CO)NC(=O)c1cn[nH]c1-c1cccc(Cl)c1. The molecule has 1 aromatic heterocycles. The van der Waals surface area contributed by atoms with Gasteiger partial charge >= 0.3 is 0 Å². The molecule has 22 heavy (non-hydrogen) atoms. The minimum Gasteiger partial charge on any atom is -0.394 e. The molecule has 0 bridgehead atoms. The van der Waals surface area contributed by atoms with Crippen molar-refractivity contribution < 1.29 is 9.90 Å². The predicted molar refractivity (Wildman–Crippen MR) is 86.8 cm³/mol. The van der Waals surface area contributed by atoms with E-state index in [9.17, 15) is 9.90 Å². The third-order valence-electron chi connectivity index (χ3n) is 3.31. The number of nitrogens with one attached hydrogen (secondary N) is 2. The van der Waals surface area contributed by atoms with Gasteiger partial charge in [0.15, 0.2) is 0 Å². The second-order valence-electron chi connectivity index (χ2n) is 5.65. The number of hydrogen-bond acceptors (Lipinski definition) is 3. The fourth-order valence-corrected chi connectivity index (χ4v) is 2.52. The summed E-state index contributed by atoms with van der Waals surface area (Å²) in [4.78, 5) is 12.4. The maximum atomic E-state index is 12.4. The Morgan fingerprint density at radius 1 is 1.45 bits per heavy atom. The largest absolute Gasteiger partial charge is 0.394 e. The molecule has 6 heteroatoms. The van der Waals surface area contributed by atoms with Gasteiger partial charge in [0.2, 0.25) is 0 Å². The van der Waals surface area contributed by atoms with Crippen LogP contribution in [0.1, 0.15) is 30.6 Å². The average Bonchev–Trinajstić information content (AvgIpc) is 2.95. The topological polar surface area (TPSA) is 78.0 Å². The average molecular weight is 322 g/mol. The first-order valence-electron chi connectivity index (χ1n) is 7.22. The molecule has 0 radical (unpaired) electrons. The Morgan fingerprint density at radius 3 is 2.86 bits per heavy atom. The predicted octanol–water partition coefficient (Wildman–Crippen LogP) is 2.87. The first kappa shape index (κ1) is 16.5. The number of carbonyl (C=O) groups excluding carboxylic acids is 1. The number of hydrogen-bond donors (Lipinski definition) is 3. The van der Waals surface area contributed by atoms with E-state index >= 15 is 0 Å². The van der Waals surface area contributed by atoms with Crippen molar-refractivity contribution in [3.8, 4) is 11.3 Å². The highest BCUT2D eigenvalue weighted by Crippen LogP contribution is 2.24. The normalized spacial score (nSPS) is 12.4. The summed E-state index contributed by atoms with van der Waals surface area (Å²) in [6.45, 7) is 4.00. The Labute approximate surface area is 134 Å². The highest BCUT2D eigenvalue weighted by atomic mass is 35.5. The molecule has 2 rings (SSSR count). The Morgan fingerprint density at radius 2 is 2.23 bits per heavy atom. The van der Waals surface area contributed by atoms with Crippen LogP contribution < -0.4 is 5.32 Å². The summed E-state index contributed by atoms with van der Waals surface area (Å²) in [6.07, 6.45) is 2.20. The van der Waals surface area contributed by atoms with E-state index in [1.54, 1.807) is 12.1 Å². The molecule has 118 valence electrons. The molecular weight excluding hydrogens is 302 g/mol. The second-order valence-corrected chi connectivity index (χ2v) is 6.09. The summed E-state index contributed by atoms with van der Waals surface area (Å²) in [7, 11) is 0. The minimum absolute atomic E-state index is 0.0890. The van der Waals surface area contributed by atoms with Gasteiger partial charge in [-0.15, -0.1) is 0 Å². The number of benzene rings is 1. The van der Waals surface area contributed by atoms with Gasteiger partial charge in [0.1, 0.15) is 0 Å². The van der Waals surface area contributed by atoms with Crippen LogP contribution in [0.2, 0.25) is 5.02 Å². The number of nitrogens with zero attached hydrogens (tertiary/aromatic N) is 1. The summed E-state index contributed by atoms with van der Waals surface area (Å²) in [5.74, 6) is 0.123. The first-order valence-corrected chi connectivity index (χ1v) is 7.60. The minimum atomic E-state index is -0.269. The molecule has 5 nitrogen and oxygen atoms in total. The van der Waals surface area contributed by atoms with Crippen LogP contribution in [0.3, 0.4) is 0 Å². The molecule has 0 aliphatic carbocycles. The summed E-state index contributed by atoms with van der Waals surface area (Å²) in [6, 6.07) is 6.94. The van der Waals surface area contributed by atoms with Gasteiger partial charge in [-0.25, -0.2) is 0 Å². The summed E-state index contributed by atoms with van der Waals surface area (Å²) >= 11 is 5.99. The number of aliphatic hydroxyl groups is 1. The Hall–Kier alpha value is -1.85. The zero-order chi connectivity index (χ0) is 16.1. The summed E-state index contributed by atoms with van der Waals surface area (Å²) in [5.41, 5.74) is 1.84. The lowest BCUT2D eigenvalue weighted by atomic mass is 10.0. The van der Waals surface area contributed by atoms with Crippen molar-refractivity contribution in [1.29, 1.82) is 0 Å². The van der Waals surface area contributed by atoms with Crippen molar-refractivity contribution in [2.45, 2.75) is 26.3 Å². The van der Waals surface area contributed by atoms with Gasteiger partial charge < -0.3 is 10.4 Å². The third-order valence-corrected chi connectivity index (χ3v) is 3.54. The van der Waals surface area contributed by atoms with E-state index in [1.165, 1.54) is 6.20 Å². The van der Waals surface area contributed by atoms with Gasteiger partial charge in [0, 0.05) is 10.6 Å². The number of aliphatic hydroxyl groups excluding tert-OH is 1. The van der Waals surface area contributed by atoms with Crippen molar-refractivity contribution in [1.82, 2.24) is 15.5 Å². The van der Waals surface area contributed by atoms with Crippen LogP contribution in [-0.2, 0) is 0 Å². The summed E-state index contributed by atoms with van der Waals surface area (Å²) < 4.78 is 0. The highest BCUT2D eigenvalue weighted by Gasteiger charge is 2.19. The molecule has 0 saturated heterocycles. The monoisotopic (exact) mass is 321 g/mol. The van der Waals surface area contributed by atoms with Crippen LogP contribution >= 0.6 is 11.6 Å². The smallest absolute Gasteiger partial charge is 0.255 e. The highest BCUT2D eigenvalue weighted by molar-refractivity contribution is 6.30. The van der Waals surface area contributed by atoms with E-state index in [1.807, 2.05) is 26.0 Å². The molecule has 0 saturated carbocycles. The van der Waals surface area contributed by atoms with E-state index < -0.39 is 0 Å². The maximum absolute atomic E-state index is 12.4. The van der Waals surface area contributed by atoms with E-state index in [0.29, 0.717) is 28.6 Å². The van der Waals surface area contributed by atoms with Gasteiger partial charge in [-0.05, 0) is 24.5 Å². The fraction of sp³-hybridized carbons (Fsp3) is 0.375. The van der Waals surface area contributed by atoms with Crippen molar-refractivity contribution in [3.05, 3.63) is 41.0 Å². The molecule has 3 N–H and O–H groups in total. The van der Waals surface area contributed by atoms with Gasteiger partial charge in [-0.2, -0.15) is 5.10 Å². The molecule has 1 heterocycles. The van der Waals surface area contributed by atoms with Gasteiger partial charge in [-0.3, -0.25) is 9.89 Å². The lowest BCUT2D eigenvalue weighted by Gasteiger charge is -2.18. The molecule has 1 atom stereocenters. The Kier molecular flexibility index (Phi) is 5.57. The number of aromatic nitrogens is 2. The molecule has 2 aromatic rings. The molecule has 0 fully saturated rings. The summed E-state index contributed by atoms with van der Waals surface area (Å²) in [5, 5.41) is 19.6. The number of H-pyrrole nitrogens is 1. The van der Waals surface area contributed by atoms with Crippen LogP contribution in [-0.4, -0.2) is 33.9 Å². The number of halogens is 1. The first-order chi connectivity index (χ1) is 10.5. The number of amides is 1. The van der Waals surface area contributed by atoms with Gasteiger partial charge in [0.05, 0.1) is 30.1 Å². The molecule has 1 amide bonds. The zero-order valence-electron chi connectivity index (χ0n) is 12.6. The van der Waals surface area contributed by atoms with Gasteiger partial charge in [-0.1, -0.05) is 37.6 Å². The Bertz CT molecular complexity index is 640. The maximum Gasteiger partial charge on any atom is 0.255 e. The van der Waals surface area contributed by atoms with Gasteiger partial charge in [0.25, 0.3) is 5.91 Å². The lowest BCUT2D eigenvalue weighted by Crippen LogP contribution is -2.38. The number of carbonyl (C=O) groups is 1. The van der Waals surface area contributed by atoms with E-state index in [-0.39, 0.29) is 18.6 Å².